The molecule has 16 heavy (non-hydrogen) atoms. The molecule has 2 saturated heterocycles. The van der Waals surface area contributed by atoms with Gasteiger partial charge in [0.1, 0.15) is 0 Å². The minimum atomic E-state index is -0.272. The Kier molecular flexibility index (Phi) is 2.70. The van der Waals surface area contributed by atoms with Crippen molar-refractivity contribution in [2.45, 2.75) is 50.0 Å². The van der Waals surface area contributed by atoms with Crippen LogP contribution in [0.3, 0.4) is 0 Å². The zero-order chi connectivity index (χ0) is 11.1. The Hall–Kier alpha value is -0.160. The molecule has 0 aromatic carbocycles. The molecule has 1 saturated carbocycles. The quantitative estimate of drug-likeness (QED) is 0.671. The number of ether oxygens (including phenoxy) is 3. The number of rotatable bonds is 0. The summed E-state index contributed by atoms with van der Waals surface area (Å²) in [6.07, 6.45) is 4.03. The molecule has 0 bridgehead atoms. The second-order valence-corrected chi connectivity index (χ2v) is 5.20. The van der Waals surface area contributed by atoms with Gasteiger partial charge in [0, 0.05) is 25.4 Å². The van der Waals surface area contributed by atoms with E-state index in [9.17, 15) is 0 Å². The molecule has 1 aliphatic carbocycles. The maximum absolute atomic E-state index is 6.05. The first-order valence-corrected chi connectivity index (χ1v) is 6.40. The van der Waals surface area contributed by atoms with Crippen LogP contribution in [0.15, 0.2) is 0 Å². The molecule has 3 aliphatic rings. The fourth-order valence-electron chi connectivity index (χ4n) is 3.26. The summed E-state index contributed by atoms with van der Waals surface area (Å²) < 4.78 is 17.6. The summed E-state index contributed by atoms with van der Waals surface area (Å²) >= 11 is 0. The predicted octanol–water partition coefficient (Wildman–Crippen LogP) is 1.05. The van der Waals surface area contributed by atoms with Gasteiger partial charge in [-0.25, -0.2) is 0 Å². The molecule has 4 heteroatoms. The van der Waals surface area contributed by atoms with Gasteiger partial charge in [-0.05, 0) is 19.8 Å². The highest BCUT2D eigenvalue weighted by Crippen LogP contribution is 2.43. The first kappa shape index (κ1) is 11.0. The van der Waals surface area contributed by atoms with E-state index in [0.29, 0.717) is 6.04 Å². The van der Waals surface area contributed by atoms with Crippen molar-refractivity contribution in [2.24, 2.45) is 0 Å². The Morgan fingerprint density at radius 1 is 0.938 bits per heavy atom. The molecule has 1 N–H and O–H groups in total. The van der Waals surface area contributed by atoms with Gasteiger partial charge < -0.3 is 19.5 Å². The molecule has 1 unspecified atom stereocenters. The second-order valence-electron chi connectivity index (χ2n) is 5.20. The molecule has 1 atom stereocenters. The molecule has 0 amide bonds. The zero-order valence-electron chi connectivity index (χ0n) is 9.96. The van der Waals surface area contributed by atoms with Gasteiger partial charge in [0.2, 0.25) is 0 Å². The lowest BCUT2D eigenvalue weighted by Crippen LogP contribution is -2.59. The summed E-state index contributed by atoms with van der Waals surface area (Å²) in [6, 6.07) is 0.444. The van der Waals surface area contributed by atoms with Crippen molar-refractivity contribution in [3.05, 3.63) is 0 Å². The first-order valence-electron chi connectivity index (χ1n) is 6.40. The van der Waals surface area contributed by atoms with Crippen LogP contribution >= 0.6 is 0 Å². The van der Waals surface area contributed by atoms with Gasteiger partial charge in [-0.2, -0.15) is 0 Å². The molecular formula is C12H21NO3. The van der Waals surface area contributed by atoms with E-state index in [1.807, 2.05) is 0 Å². The van der Waals surface area contributed by atoms with E-state index in [0.717, 1.165) is 52.0 Å². The first-order chi connectivity index (χ1) is 7.75. The van der Waals surface area contributed by atoms with Crippen LogP contribution in [0.5, 0.6) is 0 Å². The Bertz CT molecular complexity index is 253. The number of hydrogen-bond acceptors (Lipinski definition) is 4. The lowest BCUT2D eigenvalue weighted by Gasteiger charge is -2.49. The molecule has 2 spiro atoms. The molecule has 3 fully saturated rings. The van der Waals surface area contributed by atoms with Crippen LogP contribution in [-0.2, 0) is 14.2 Å². The van der Waals surface area contributed by atoms with Crippen LogP contribution in [0.25, 0.3) is 0 Å². The Labute approximate surface area is 96.6 Å². The van der Waals surface area contributed by atoms with Gasteiger partial charge >= 0.3 is 0 Å². The van der Waals surface area contributed by atoms with Gasteiger partial charge in [-0.15, -0.1) is 0 Å². The average molecular weight is 227 g/mol. The number of nitrogens with one attached hydrogen (secondary N) is 1. The van der Waals surface area contributed by atoms with Gasteiger partial charge in [-0.3, -0.25) is 0 Å². The van der Waals surface area contributed by atoms with E-state index < -0.39 is 0 Å². The van der Waals surface area contributed by atoms with Crippen LogP contribution < -0.4 is 5.32 Å². The normalized spacial score (nSPS) is 36.9. The highest BCUT2D eigenvalue weighted by molar-refractivity contribution is 5.00. The van der Waals surface area contributed by atoms with Crippen LogP contribution in [-0.4, -0.2) is 43.8 Å². The third-order valence-electron chi connectivity index (χ3n) is 4.40. The summed E-state index contributed by atoms with van der Waals surface area (Å²) in [7, 11) is 0. The van der Waals surface area contributed by atoms with E-state index >= 15 is 0 Å². The third kappa shape index (κ3) is 1.68. The van der Waals surface area contributed by atoms with Crippen molar-refractivity contribution in [3.63, 3.8) is 0 Å². The zero-order valence-corrected chi connectivity index (χ0v) is 9.96. The summed E-state index contributed by atoms with van der Waals surface area (Å²) in [5.41, 5.74) is 0.0266. The van der Waals surface area contributed by atoms with Crippen molar-refractivity contribution in [2.75, 3.05) is 26.4 Å². The Balaban J connectivity index is 1.68. The van der Waals surface area contributed by atoms with E-state index in [4.69, 9.17) is 14.2 Å². The van der Waals surface area contributed by atoms with E-state index in [2.05, 4.69) is 12.2 Å². The van der Waals surface area contributed by atoms with E-state index in [-0.39, 0.29) is 11.4 Å². The van der Waals surface area contributed by atoms with Crippen molar-refractivity contribution in [1.82, 2.24) is 5.32 Å². The lowest BCUT2D eigenvalue weighted by atomic mass is 9.76. The fourth-order valence-corrected chi connectivity index (χ4v) is 3.26. The summed E-state index contributed by atoms with van der Waals surface area (Å²) in [4.78, 5) is 0. The highest BCUT2D eigenvalue weighted by Gasteiger charge is 2.49. The van der Waals surface area contributed by atoms with Crippen LogP contribution in [0.4, 0.5) is 0 Å². The largest absolute Gasteiger partial charge is 0.372 e. The number of hydrogen-bond donors (Lipinski definition) is 1. The molecule has 0 radical (unpaired) electrons. The van der Waals surface area contributed by atoms with Crippen molar-refractivity contribution in [3.8, 4) is 0 Å². The van der Waals surface area contributed by atoms with Crippen molar-refractivity contribution >= 4 is 0 Å². The highest BCUT2D eigenvalue weighted by atomic mass is 16.7. The fraction of sp³-hybridized carbons (Fsp3) is 1.00. The second kappa shape index (κ2) is 3.95. The van der Waals surface area contributed by atoms with Gasteiger partial charge in [-0.1, -0.05) is 0 Å². The maximum atomic E-state index is 6.05. The monoisotopic (exact) mass is 227 g/mol. The minimum absolute atomic E-state index is 0.0266. The van der Waals surface area contributed by atoms with Crippen LogP contribution in [0.1, 0.15) is 32.6 Å². The summed E-state index contributed by atoms with van der Waals surface area (Å²) in [5.74, 6) is -0.272. The smallest absolute Gasteiger partial charge is 0.168 e. The van der Waals surface area contributed by atoms with Gasteiger partial charge in [0.05, 0.1) is 25.4 Å². The van der Waals surface area contributed by atoms with Crippen molar-refractivity contribution in [1.29, 1.82) is 0 Å². The third-order valence-corrected chi connectivity index (χ3v) is 4.40. The molecule has 2 aliphatic heterocycles. The molecule has 4 nitrogen and oxygen atoms in total. The summed E-state index contributed by atoms with van der Waals surface area (Å²) in [5, 5.41) is 3.51. The molecule has 0 aromatic rings. The molecule has 92 valence electrons. The molecule has 0 aromatic heterocycles. The van der Waals surface area contributed by atoms with E-state index in [1.165, 1.54) is 0 Å². The van der Waals surface area contributed by atoms with Gasteiger partial charge in [0.15, 0.2) is 5.79 Å². The Morgan fingerprint density at radius 2 is 1.62 bits per heavy atom. The Morgan fingerprint density at radius 3 is 2.25 bits per heavy atom. The minimum Gasteiger partial charge on any atom is -0.372 e. The molecular weight excluding hydrogens is 206 g/mol. The van der Waals surface area contributed by atoms with E-state index in [1.54, 1.807) is 0 Å². The SMILES string of the molecule is CC1NCCOC12CCC1(CC2)OCCO1. The maximum Gasteiger partial charge on any atom is 0.168 e. The topological polar surface area (TPSA) is 39.7 Å². The van der Waals surface area contributed by atoms with Crippen LogP contribution in [0.2, 0.25) is 0 Å². The van der Waals surface area contributed by atoms with Crippen molar-refractivity contribution < 1.29 is 14.2 Å². The lowest BCUT2D eigenvalue weighted by molar-refractivity contribution is -0.220. The van der Waals surface area contributed by atoms with Gasteiger partial charge in [0.25, 0.3) is 0 Å². The average Bonchev–Trinajstić information content (AvgIpc) is 2.76. The standard InChI is InChI=1S/C12H21NO3/c1-10-11(14-7-6-13-10)2-4-12(5-3-11)15-8-9-16-12/h10,13H,2-9H2,1H3. The number of morpholine rings is 1. The van der Waals surface area contributed by atoms with Crippen LogP contribution in [0, 0.1) is 0 Å². The molecule has 2 heterocycles. The predicted molar refractivity (Wildman–Crippen MR) is 59.3 cm³/mol. The summed E-state index contributed by atoms with van der Waals surface area (Å²) in [6.45, 7) is 5.54. The molecule has 3 rings (SSSR count).